The molecule has 0 aliphatic heterocycles. The minimum atomic E-state index is -0.381. The normalized spacial score (nSPS) is 19.0. The molecule has 0 heterocycles. The Hall–Kier alpha value is -3.38. The second-order valence-corrected chi connectivity index (χ2v) is 6.71. The van der Waals surface area contributed by atoms with Crippen molar-refractivity contribution in [3.05, 3.63) is 66.9 Å². The molecule has 6 nitrogen and oxygen atoms in total. The summed E-state index contributed by atoms with van der Waals surface area (Å²) in [6.07, 6.45) is 3.53. The Morgan fingerprint density at radius 3 is 2.42 bits per heavy atom. The summed E-state index contributed by atoms with van der Waals surface area (Å²) in [6, 6.07) is 6.05. The Morgan fingerprint density at radius 2 is 1.85 bits per heavy atom. The molecule has 26 heavy (non-hydrogen) atoms. The van der Waals surface area contributed by atoms with Gasteiger partial charge in [-0.25, -0.2) is 0 Å². The fourth-order valence-corrected chi connectivity index (χ4v) is 4.29. The molecule has 0 aromatic heterocycles. The molecule has 0 bridgehead atoms. The lowest BCUT2D eigenvalue weighted by Gasteiger charge is -2.28. The standard InChI is InChI=1S/C20H18N4O2/c1-10-7-11(2)20(24(25)26)12(3)17(10)18-14-6-4-5-13(14)15(8-21)19(23)16(18)9-22/h5,7,14H,4,6,23H2,1-3H3. The van der Waals surface area contributed by atoms with Gasteiger partial charge in [-0.2, -0.15) is 10.5 Å². The number of nitro benzene ring substituents is 1. The number of allylic oxidation sites excluding steroid dienone is 5. The zero-order valence-corrected chi connectivity index (χ0v) is 14.9. The van der Waals surface area contributed by atoms with Crippen molar-refractivity contribution in [1.29, 1.82) is 10.5 Å². The van der Waals surface area contributed by atoms with Crippen molar-refractivity contribution in [3.8, 4) is 12.1 Å². The van der Waals surface area contributed by atoms with Crippen molar-refractivity contribution in [2.75, 3.05) is 0 Å². The van der Waals surface area contributed by atoms with E-state index in [1.54, 1.807) is 19.9 Å². The molecule has 2 aliphatic carbocycles. The molecule has 3 rings (SSSR count). The molecule has 1 atom stereocenters. The minimum absolute atomic E-state index is 0.0625. The van der Waals surface area contributed by atoms with Crippen LogP contribution in [0.5, 0.6) is 0 Å². The molecule has 2 N–H and O–H groups in total. The molecular formula is C20H18N4O2. The van der Waals surface area contributed by atoms with E-state index in [-0.39, 0.29) is 27.8 Å². The summed E-state index contributed by atoms with van der Waals surface area (Å²) in [5.41, 5.74) is 11.2. The SMILES string of the molecule is Cc1cc(C)c([N+](=O)[O-])c(C)c1C1=C(C#N)C(N)=C(C#N)C2=CCCC21. The van der Waals surface area contributed by atoms with Crippen molar-refractivity contribution in [2.24, 2.45) is 11.7 Å². The van der Waals surface area contributed by atoms with Crippen LogP contribution in [0.15, 0.2) is 34.6 Å². The first-order valence-corrected chi connectivity index (χ1v) is 8.33. The zero-order valence-electron chi connectivity index (χ0n) is 14.9. The highest BCUT2D eigenvalue weighted by atomic mass is 16.6. The Bertz CT molecular complexity index is 1030. The van der Waals surface area contributed by atoms with E-state index in [1.807, 2.05) is 13.0 Å². The maximum Gasteiger partial charge on any atom is 0.275 e. The maximum atomic E-state index is 11.6. The molecule has 0 saturated carbocycles. The zero-order chi connectivity index (χ0) is 19.2. The van der Waals surface area contributed by atoms with Gasteiger partial charge in [0.2, 0.25) is 0 Å². The average Bonchev–Trinajstić information content (AvgIpc) is 3.03. The van der Waals surface area contributed by atoms with Gasteiger partial charge in [0, 0.05) is 17.0 Å². The number of benzene rings is 1. The summed E-state index contributed by atoms with van der Waals surface area (Å²) in [7, 11) is 0. The first kappa shape index (κ1) is 17.4. The van der Waals surface area contributed by atoms with Crippen LogP contribution in [-0.4, -0.2) is 4.92 Å². The highest BCUT2D eigenvalue weighted by molar-refractivity contribution is 5.88. The Morgan fingerprint density at radius 1 is 1.19 bits per heavy atom. The molecule has 0 spiro atoms. The fraction of sp³-hybridized carbons (Fsp3) is 0.300. The number of nitro groups is 1. The van der Waals surface area contributed by atoms with Crippen molar-refractivity contribution < 1.29 is 4.92 Å². The number of hydrogen-bond acceptors (Lipinski definition) is 5. The molecule has 0 fully saturated rings. The third-order valence-corrected chi connectivity index (χ3v) is 5.25. The van der Waals surface area contributed by atoms with E-state index in [2.05, 4.69) is 12.1 Å². The van der Waals surface area contributed by atoms with Gasteiger partial charge in [0.05, 0.1) is 21.8 Å². The molecule has 6 heteroatoms. The van der Waals surface area contributed by atoms with Crippen LogP contribution >= 0.6 is 0 Å². The largest absolute Gasteiger partial charge is 0.397 e. The highest BCUT2D eigenvalue weighted by Crippen LogP contribution is 2.49. The Labute approximate surface area is 151 Å². The first-order chi connectivity index (χ1) is 12.3. The molecular weight excluding hydrogens is 328 g/mol. The monoisotopic (exact) mass is 346 g/mol. The third kappa shape index (κ3) is 2.31. The average molecular weight is 346 g/mol. The molecule has 1 aromatic rings. The fourth-order valence-electron chi connectivity index (χ4n) is 4.29. The van der Waals surface area contributed by atoms with Crippen LogP contribution in [0.4, 0.5) is 5.69 Å². The number of hydrogen-bond donors (Lipinski definition) is 1. The van der Waals surface area contributed by atoms with E-state index < -0.39 is 0 Å². The number of nitriles is 2. The number of fused-ring (bicyclic) bond motifs is 1. The minimum Gasteiger partial charge on any atom is -0.397 e. The number of nitrogens with zero attached hydrogens (tertiary/aromatic N) is 3. The van der Waals surface area contributed by atoms with E-state index in [9.17, 15) is 20.6 Å². The highest BCUT2D eigenvalue weighted by Gasteiger charge is 2.37. The maximum absolute atomic E-state index is 11.6. The predicted octanol–water partition coefficient (Wildman–Crippen LogP) is 3.88. The van der Waals surface area contributed by atoms with Crippen molar-refractivity contribution in [1.82, 2.24) is 0 Å². The molecule has 0 amide bonds. The summed E-state index contributed by atoms with van der Waals surface area (Å²) >= 11 is 0. The Kier molecular flexibility index (Phi) is 4.13. The summed E-state index contributed by atoms with van der Waals surface area (Å²) < 4.78 is 0. The van der Waals surface area contributed by atoms with Crippen molar-refractivity contribution in [3.63, 3.8) is 0 Å². The molecule has 0 saturated heterocycles. The molecule has 130 valence electrons. The second kappa shape index (κ2) is 6.16. The van der Waals surface area contributed by atoms with Gasteiger partial charge in [-0.3, -0.25) is 10.1 Å². The van der Waals surface area contributed by atoms with Crippen LogP contribution in [0.2, 0.25) is 0 Å². The van der Waals surface area contributed by atoms with Gasteiger partial charge in [0.15, 0.2) is 0 Å². The lowest BCUT2D eigenvalue weighted by Crippen LogP contribution is -2.20. The van der Waals surface area contributed by atoms with Crippen molar-refractivity contribution >= 4 is 11.3 Å². The number of nitrogens with two attached hydrogens (primary N) is 1. The van der Waals surface area contributed by atoms with Crippen LogP contribution in [0.1, 0.15) is 35.1 Å². The third-order valence-electron chi connectivity index (χ3n) is 5.25. The van der Waals surface area contributed by atoms with Crippen LogP contribution < -0.4 is 5.73 Å². The topological polar surface area (TPSA) is 117 Å². The smallest absolute Gasteiger partial charge is 0.275 e. The van der Waals surface area contributed by atoms with Gasteiger partial charge < -0.3 is 5.73 Å². The van der Waals surface area contributed by atoms with E-state index in [1.165, 1.54) is 0 Å². The number of rotatable bonds is 2. The van der Waals surface area contributed by atoms with E-state index in [0.29, 0.717) is 27.8 Å². The Balaban J connectivity index is 2.43. The number of aryl methyl sites for hydroxylation is 2. The molecule has 1 aromatic carbocycles. The van der Waals surface area contributed by atoms with Crippen LogP contribution in [0.25, 0.3) is 5.57 Å². The lowest BCUT2D eigenvalue weighted by molar-refractivity contribution is -0.386. The van der Waals surface area contributed by atoms with E-state index in [4.69, 9.17) is 5.73 Å². The van der Waals surface area contributed by atoms with E-state index in [0.717, 1.165) is 24.0 Å². The summed E-state index contributed by atoms with van der Waals surface area (Å²) in [6.45, 7) is 5.32. The molecule has 0 radical (unpaired) electrons. The summed E-state index contributed by atoms with van der Waals surface area (Å²) in [5.74, 6) is -0.133. The van der Waals surface area contributed by atoms with Gasteiger partial charge >= 0.3 is 0 Å². The molecule has 1 unspecified atom stereocenters. The first-order valence-electron chi connectivity index (χ1n) is 8.33. The van der Waals surface area contributed by atoms with Crippen molar-refractivity contribution in [2.45, 2.75) is 33.6 Å². The van der Waals surface area contributed by atoms with Gasteiger partial charge in [-0.1, -0.05) is 6.08 Å². The van der Waals surface area contributed by atoms with Gasteiger partial charge in [0.25, 0.3) is 5.69 Å². The second-order valence-electron chi connectivity index (χ2n) is 6.71. The lowest BCUT2D eigenvalue weighted by atomic mass is 9.74. The summed E-state index contributed by atoms with van der Waals surface area (Å²) in [5, 5.41) is 30.8. The van der Waals surface area contributed by atoms with Crippen LogP contribution in [0, 0.1) is 59.5 Å². The van der Waals surface area contributed by atoms with Gasteiger partial charge in [-0.05, 0) is 62.0 Å². The summed E-state index contributed by atoms with van der Waals surface area (Å²) in [4.78, 5) is 11.2. The van der Waals surface area contributed by atoms with Gasteiger partial charge in [0.1, 0.15) is 12.1 Å². The predicted molar refractivity (Wildman–Crippen MR) is 97.5 cm³/mol. The van der Waals surface area contributed by atoms with E-state index >= 15 is 0 Å². The van der Waals surface area contributed by atoms with Gasteiger partial charge in [-0.15, -0.1) is 0 Å². The molecule has 2 aliphatic rings. The quantitative estimate of drug-likeness (QED) is 0.644. The van der Waals surface area contributed by atoms with Crippen LogP contribution in [-0.2, 0) is 0 Å². The van der Waals surface area contributed by atoms with Crippen LogP contribution in [0.3, 0.4) is 0 Å².